The van der Waals surface area contributed by atoms with E-state index in [0.717, 1.165) is 5.56 Å². The lowest BCUT2D eigenvalue weighted by Gasteiger charge is -2.41. The molecule has 1 aromatic rings. The lowest BCUT2D eigenvalue weighted by Crippen LogP contribution is -2.61. The Balaban J connectivity index is 1.60. The van der Waals surface area contributed by atoms with E-state index in [4.69, 9.17) is 18.9 Å². The third kappa shape index (κ3) is 5.17. The summed E-state index contributed by atoms with van der Waals surface area (Å²) in [7, 11) is 0. The Labute approximate surface area is 173 Å². The molecule has 2 aliphatic rings. The van der Waals surface area contributed by atoms with Crippen LogP contribution < -0.4 is 4.74 Å². The smallest absolute Gasteiger partial charge is 0.229 e. The first-order chi connectivity index (χ1) is 14.3. The molecule has 9 atom stereocenters. The lowest BCUT2D eigenvalue weighted by atomic mass is 9.99. The van der Waals surface area contributed by atoms with Crippen LogP contribution in [0.3, 0.4) is 0 Å². The zero-order valence-electron chi connectivity index (χ0n) is 16.2. The predicted octanol–water partition coefficient (Wildman–Crippen LogP) is -1.94. The van der Waals surface area contributed by atoms with Gasteiger partial charge in [-0.1, -0.05) is 18.2 Å². The first kappa shape index (κ1) is 23.1. The van der Waals surface area contributed by atoms with Gasteiger partial charge in [0, 0.05) is 0 Å². The fourth-order valence-corrected chi connectivity index (χ4v) is 3.27. The van der Waals surface area contributed by atoms with Crippen molar-refractivity contribution in [2.24, 2.45) is 0 Å². The van der Waals surface area contributed by atoms with Crippen molar-refractivity contribution in [2.75, 3.05) is 13.2 Å². The maximum atomic E-state index is 10.2. The van der Waals surface area contributed by atoms with Gasteiger partial charge in [-0.05, 0) is 24.1 Å². The van der Waals surface area contributed by atoms with E-state index >= 15 is 0 Å². The van der Waals surface area contributed by atoms with Crippen LogP contribution in [0.4, 0.5) is 0 Å². The van der Waals surface area contributed by atoms with Crippen LogP contribution in [-0.2, 0) is 20.6 Å². The van der Waals surface area contributed by atoms with Gasteiger partial charge >= 0.3 is 0 Å². The Morgan fingerprint density at radius 1 is 0.900 bits per heavy atom. The van der Waals surface area contributed by atoms with E-state index in [0.29, 0.717) is 12.2 Å². The molecule has 3 rings (SSSR count). The molecule has 0 bridgehead atoms. The second kappa shape index (κ2) is 10.1. The van der Waals surface area contributed by atoms with E-state index in [-0.39, 0.29) is 13.2 Å². The summed E-state index contributed by atoms with van der Waals surface area (Å²) in [5.41, 5.74) is 1.02. The Morgan fingerprint density at radius 3 is 2.23 bits per heavy atom. The summed E-state index contributed by atoms with van der Waals surface area (Å²) in [5, 5.41) is 59.7. The van der Waals surface area contributed by atoms with Crippen LogP contribution in [-0.4, -0.2) is 99.2 Å². The summed E-state index contributed by atoms with van der Waals surface area (Å²) in [5.74, 6) is 0.387. The SMILES string of the molecule is C=CCc1ccc(O[C@@H]2O[C@H](CO[C@@H]3OC[C@@H](O)[C@H](O)[C@H]3O)[C@@H](O)[C@H](O)[C@H]2O)cc1. The highest BCUT2D eigenvalue weighted by atomic mass is 16.7. The molecule has 10 nitrogen and oxygen atoms in total. The van der Waals surface area contributed by atoms with E-state index in [2.05, 4.69) is 6.58 Å². The molecule has 30 heavy (non-hydrogen) atoms. The van der Waals surface area contributed by atoms with Gasteiger partial charge in [-0.3, -0.25) is 0 Å². The monoisotopic (exact) mass is 428 g/mol. The van der Waals surface area contributed by atoms with E-state index < -0.39 is 55.3 Å². The normalized spacial score (nSPS) is 39.5. The molecule has 0 unspecified atom stereocenters. The molecule has 0 saturated carbocycles. The number of benzene rings is 1. The van der Waals surface area contributed by atoms with Gasteiger partial charge in [0.15, 0.2) is 6.29 Å². The van der Waals surface area contributed by atoms with Crippen molar-refractivity contribution < 1.29 is 49.6 Å². The summed E-state index contributed by atoms with van der Waals surface area (Å²) in [6.45, 7) is 3.09. The third-order valence-electron chi connectivity index (χ3n) is 5.10. The van der Waals surface area contributed by atoms with Crippen LogP contribution in [0.25, 0.3) is 0 Å². The molecular weight excluding hydrogens is 400 g/mol. The average molecular weight is 428 g/mol. The zero-order valence-corrected chi connectivity index (χ0v) is 16.2. The van der Waals surface area contributed by atoms with Gasteiger partial charge in [-0.15, -0.1) is 6.58 Å². The summed E-state index contributed by atoms with van der Waals surface area (Å²) < 4.78 is 21.7. The highest BCUT2D eigenvalue weighted by molar-refractivity contribution is 5.28. The molecule has 6 N–H and O–H groups in total. The van der Waals surface area contributed by atoms with Crippen LogP contribution in [0.5, 0.6) is 5.75 Å². The number of aliphatic hydroxyl groups is 6. The molecule has 0 spiro atoms. The van der Waals surface area contributed by atoms with Crippen molar-refractivity contribution in [3.8, 4) is 5.75 Å². The zero-order chi connectivity index (χ0) is 21.8. The van der Waals surface area contributed by atoms with Crippen molar-refractivity contribution in [3.63, 3.8) is 0 Å². The molecule has 168 valence electrons. The van der Waals surface area contributed by atoms with Gasteiger partial charge in [-0.2, -0.15) is 0 Å². The molecule has 0 aromatic heterocycles. The number of hydrogen-bond donors (Lipinski definition) is 6. The molecule has 1 aromatic carbocycles. The second-order valence-electron chi connectivity index (χ2n) is 7.35. The van der Waals surface area contributed by atoms with Crippen LogP contribution in [0.15, 0.2) is 36.9 Å². The molecule has 2 heterocycles. The molecule has 10 heteroatoms. The minimum absolute atomic E-state index is 0.244. The van der Waals surface area contributed by atoms with Crippen molar-refractivity contribution in [3.05, 3.63) is 42.5 Å². The summed E-state index contributed by atoms with van der Waals surface area (Å²) in [6.07, 6.45) is -10.00. The van der Waals surface area contributed by atoms with Gasteiger partial charge in [0.25, 0.3) is 0 Å². The number of hydrogen-bond acceptors (Lipinski definition) is 10. The van der Waals surface area contributed by atoms with Crippen LogP contribution in [0.1, 0.15) is 5.56 Å². The highest BCUT2D eigenvalue weighted by Crippen LogP contribution is 2.26. The summed E-state index contributed by atoms with van der Waals surface area (Å²) >= 11 is 0. The first-order valence-electron chi connectivity index (χ1n) is 9.65. The molecule has 2 aliphatic heterocycles. The maximum absolute atomic E-state index is 10.2. The molecule has 0 amide bonds. The molecule has 2 saturated heterocycles. The fraction of sp³-hybridized carbons (Fsp3) is 0.600. The lowest BCUT2D eigenvalue weighted by molar-refractivity contribution is -0.307. The van der Waals surface area contributed by atoms with Crippen molar-refractivity contribution in [1.82, 2.24) is 0 Å². The maximum Gasteiger partial charge on any atom is 0.229 e. The van der Waals surface area contributed by atoms with Crippen molar-refractivity contribution >= 4 is 0 Å². The molecular formula is C20H28O10. The number of rotatable bonds is 7. The van der Waals surface area contributed by atoms with Gasteiger partial charge < -0.3 is 49.6 Å². The minimum Gasteiger partial charge on any atom is -0.462 e. The van der Waals surface area contributed by atoms with Gasteiger partial charge in [-0.25, -0.2) is 0 Å². The van der Waals surface area contributed by atoms with E-state index in [9.17, 15) is 30.6 Å². The quantitative estimate of drug-likeness (QED) is 0.270. The largest absolute Gasteiger partial charge is 0.462 e. The second-order valence-corrected chi connectivity index (χ2v) is 7.35. The minimum atomic E-state index is -1.57. The fourth-order valence-electron chi connectivity index (χ4n) is 3.27. The van der Waals surface area contributed by atoms with Crippen molar-refractivity contribution in [1.29, 1.82) is 0 Å². The van der Waals surface area contributed by atoms with Crippen LogP contribution >= 0.6 is 0 Å². The van der Waals surface area contributed by atoms with Crippen molar-refractivity contribution in [2.45, 2.75) is 61.7 Å². The van der Waals surface area contributed by atoms with E-state index in [1.807, 2.05) is 12.1 Å². The molecule has 2 fully saturated rings. The third-order valence-corrected chi connectivity index (χ3v) is 5.10. The Bertz CT molecular complexity index is 683. The van der Waals surface area contributed by atoms with Crippen LogP contribution in [0, 0.1) is 0 Å². The Morgan fingerprint density at radius 2 is 1.57 bits per heavy atom. The highest BCUT2D eigenvalue weighted by Gasteiger charge is 2.46. The van der Waals surface area contributed by atoms with E-state index in [1.54, 1.807) is 18.2 Å². The topological polar surface area (TPSA) is 158 Å². The van der Waals surface area contributed by atoms with Crippen LogP contribution in [0.2, 0.25) is 0 Å². The molecule has 0 aliphatic carbocycles. The molecule has 0 radical (unpaired) electrons. The predicted molar refractivity (Wildman–Crippen MR) is 101 cm³/mol. The van der Waals surface area contributed by atoms with Gasteiger partial charge in [0.1, 0.15) is 48.5 Å². The van der Waals surface area contributed by atoms with Gasteiger partial charge in [0.2, 0.25) is 6.29 Å². The number of aliphatic hydroxyl groups excluding tert-OH is 6. The average Bonchev–Trinajstić information content (AvgIpc) is 2.74. The summed E-state index contributed by atoms with van der Waals surface area (Å²) in [6, 6.07) is 6.99. The number of ether oxygens (including phenoxy) is 4. The Hall–Kier alpha value is -1.60. The number of allylic oxidation sites excluding steroid dienone is 1. The van der Waals surface area contributed by atoms with Gasteiger partial charge in [0.05, 0.1) is 13.2 Å². The standard InChI is InChI=1S/C20H28O10/c1-2-3-10-4-6-11(7-5-10)29-20-18(26)16(24)15(23)13(30-20)9-28-19-17(25)14(22)12(21)8-27-19/h2,4-7,12-26H,1,3,8-9H2/t12-,13-,14+,15-,16+,17-,18-,19+,20-/m1/s1. The Kier molecular flexibility index (Phi) is 7.80. The van der Waals surface area contributed by atoms with E-state index in [1.165, 1.54) is 0 Å². The summed E-state index contributed by atoms with van der Waals surface area (Å²) in [4.78, 5) is 0. The first-order valence-corrected chi connectivity index (χ1v) is 9.65.